The van der Waals surface area contributed by atoms with Gasteiger partial charge in [0.2, 0.25) is 5.91 Å². The Morgan fingerprint density at radius 3 is 2.61 bits per heavy atom. The van der Waals surface area contributed by atoms with Crippen molar-refractivity contribution >= 4 is 23.4 Å². The predicted molar refractivity (Wildman–Crippen MR) is 89.4 cm³/mol. The first kappa shape index (κ1) is 17.8. The zero-order valence-corrected chi connectivity index (χ0v) is 14.3. The minimum absolute atomic E-state index is 0.0485. The Kier molecular flexibility index (Phi) is 5.65. The molecule has 0 saturated carbocycles. The molecule has 1 saturated heterocycles. The largest absolute Gasteiger partial charge is 0.394 e. The van der Waals surface area contributed by atoms with Crippen molar-refractivity contribution in [3.63, 3.8) is 0 Å². The average Bonchev–Trinajstić information content (AvgIpc) is 2.99. The number of likely N-dealkylation sites (tertiary alicyclic amines) is 1. The summed E-state index contributed by atoms with van der Waals surface area (Å²) in [4.78, 5) is 26.6. The molecule has 126 valence electrons. The lowest BCUT2D eigenvalue weighted by Gasteiger charge is -2.37. The summed E-state index contributed by atoms with van der Waals surface area (Å²) in [6.07, 6.45) is 2.37. The summed E-state index contributed by atoms with van der Waals surface area (Å²) in [5, 5.41) is 13.0. The van der Waals surface area contributed by atoms with E-state index in [4.69, 9.17) is 11.6 Å². The van der Waals surface area contributed by atoms with Crippen molar-refractivity contribution in [1.82, 2.24) is 10.2 Å². The molecule has 6 heteroatoms. The second-order valence-corrected chi connectivity index (χ2v) is 6.47. The fourth-order valence-corrected chi connectivity index (χ4v) is 3.23. The van der Waals surface area contributed by atoms with Gasteiger partial charge in [0.1, 0.15) is 6.04 Å². The van der Waals surface area contributed by atoms with Crippen molar-refractivity contribution < 1.29 is 14.7 Å². The highest BCUT2D eigenvalue weighted by molar-refractivity contribution is 6.30. The van der Waals surface area contributed by atoms with Crippen LogP contribution >= 0.6 is 11.6 Å². The normalized spacial score (nSPS) is 22.0. The van der Waals surface area contributed by atoms with E-state index in [9.17, 15) is 14.7 Å². The van der Waals surface area contributed by atoms with Crippen LogP contribution in [0.3, 0.4) is 0 Å². The summed E-state index contributed by atoms with van der Waals surface area (Å²) in [5.74, 6) is -0.464. The van der Waals surface area contributed by atoms with Gasteiger partial charge in [-0.2, -0.15) is 0 Å². The minimum atomic E-state index is -0.645. The summed E-state index contributed by atoms with van der Waals surface area (Å²) in [6, 6.07) is 5.87. The smallest absolute Gasteiger partial charge is 0.251 e. The second-order valence-electron chi connectivity index (χ2n) is 6.03. The van der Waals surface area contributed by atoms with E-state index in [2.05, 4.69) is 5.32 Å². The molecule has 1 heterocycles. The molecule has 23 heavy (non-hydrogen) atoms. The van der Waals surface area contributed by atoms with Crippen LogP contribution in [-0.2, 0) is 4.79 Å². The van der Waals surface area contributed by atoms with E-state index < -0.39 is 11.6 Å². The van der Waals surface area contributed by atoms with Crippen molar-refractivity contribution in [2.75, 3.05) is 13.2 Å². The van der Waals surface area contributed by atoms with Crippen LogP contribution in [0.2, 0.25) is 5.02 Å². The van der Waals surface area contributed by atoms with Crippen LogP contribution in [0.5, 0.6) is 0 Å². The zero-order valence-electron chi connectivity index (χ0n) is 13.5. The van der Waals surface area contributed by atoms with Crippen molar-refractivity contribution in [2.24, 2.45) is 0 Å². The SMILES string of the molecule is CCC1(CO)CCCN1C(=O)C(C)NC(=O)c1ccc(Cl)cc1. The van der Waals surface area contributed by atoms with Gasteiger partial charge in [0.15, 0.2) is 0 Å². The molecule has 1 fully saturated rings. The average molecular weight is 339 g/mol. The molecule has 1 aromatic carbocycles. The number of halogens is 1. The van der Waals surface area contributed by atoms with Gasteiger partial charge in [-0.25, -0.2) is 0 Å². The second kappa shape index (κ2) is 7.32. The van der Waals surface area contributed by atoms with Crippen LogP contribution in [0.4, 0.5) is 0 Å². The maximum atomic E-state index is 12.7. The Balaban J connectivity index is 2.05. The summed E-state index contributed by atoms with van der Waals surface area (Å²) in [7, 11) is 0. The van der Waals surface area contributed by atoms with Crippen molar-refractivity contribution in [2.45, 2.75) is 44.7 Å². The highest BCUT2D eigenvalue weighted by Crippen LogP contribution is 2.32. The van der Waals surface area contributed by atoms with Crippen LogP contribution < -0.4 is 5.32 Å². The molecular formula is C17H23ClN2O3. The standard InChI is InChI=1S/C17H23ClN2O3/c1-3-17(11-21)9-4-10-20(17)16(23)12(2)19-15(22)13-5-7-14(18)8-6-13/h5-8,12,21H,3-4,9-11H2,1-2H3,(H,19,22). The van der Waals surface area contributed by atoms with E-state index in [1.165, 1.54) is 0 Å². The molecule has 1 aromatic rings. The van der Waals surface area contributed by atoms with Crippen LogP contribution in [0.15, 0.2) is 24.3 Å². The Morgan fingerprint density at radius 1 is 1.39 bits per heavy atom. The lowest BCUT2D eigenvalue weighted by atomic mass is 9.93. The number of carbonyl (C=O) groups is 2. The van der Waals surface area contributed by atoms with Gasteiger partial charge in [0.25, 0.3) is 5.91 Å². The zero-order chi connectivity index (χ0) is 17.0. The van der Waals surface area contributed by atoms with E-state index in [0.717, 1.165) is 12.8 Å². The van der Waals surface area contributed by atoms with E-state index in [1.807, 2.05) is 6.92 Å². The summed E-state index contributed by atoms with van der Waals surface area (Å²) >= 11 is 5.81. The van der Waals surface area contributed by atoms with Crippen molar-refractivity contribution in [3.05, 3.63) is 34.9 Å². The van der Waals surface area contributed by atoms with Crippen molar-refractivity contribution in [1.29, 1.82) is 0 Å². The van der Waals surface area contributed by atoms with Gasteiger partial charge in [0.05, 0.1) is 12.1 Å². The molecule has 2 unspecified atom stereocenters. The van der Waals surface area contributed by atoms with Gasteiger partial charge in [-0.1, -0.05) is 18.5 Å². The number of hydrogen-bond donors (Lipinski definition) is 2. The van der Waals surface area contributed by atoms with Crippen molar-refractivity contribution in [3.8, 4) is 0 Å². The summed E-state index contributed by atoms with van der Waals surface area (Å²) in [6.45, 7) is 4.21. The number of hydrogen-bond acceptors (Lipinski definition) is 3. The highest BCUT2D eigenvalue weighted by atomic mass is 35.5. The highest BCUT2D eigenvalue weighted by Gasteiger charge is 2.43. The molecule has 5 nitrogen and oxygen atoms in total. The number of aliphatic hydroxyl groups excluding tert-OH is 1. The Bertz CT molecular complexity index is 570. The molecule has 0 bridgehead atoms. The Labute approximate surface area is 141 Å². The van der Waals surface area contributed by atoms with E-state index in [0.29, 0.717) is 23.6 Å². The van der Waals surface area contributed by atoms with Gasteiger partial charge in [0, 0.05) is 17.1 Å². The first-order chi connectivity index (χ1) is 10.9. The third kappa shape index (κ3) is 3.67. The molecule has 0 spiro atoms. The molecule has 1 aliphatic heterocycles. The molecule has 2 atom stereocenters. The first-order valence-electron chi connectivity index (χ1n) is 7.92. The predicted octanol–water partition coefficient (Wildman–Crippen LogP) is 2.22. The fraction of sp³-hybridized carbons (Fsp3) is 0.529. The summed E-state index contributed by atoms with van der Waals surface area (Å²) < 4.78 is 0. The van der Waals surface area contributed by atoms with Gasteiger partial charge < -0.3 is 15.3 Å². The third-order valence-electron chi connectivity index (χ3n) is 4.64. The van der Waals surface area contributed by atoms with Gasteiger partial charge in [-0.3, -0.25) is 9.59 Å². The Hall–Kier alpha value is -1.59. The van der Waals surface area contributed by atoms with E-state index >= 15 is 0 Å². The topological polar surface area (TPSA) is 69.6 Å². The number of amides is 2. The molecule has 1 aliphatic rings. The number of benzene rings is 1. The maximum absolute atomic E-state index is 12.7. The van der Waals surface area contributed by atoms with E-state index in [1.54, 1.807) is 36.1 Å². The molecule has 2 N–H and O–H groups in total. The molecule has 0 radical (unpaired) electrons. The van der Waals surface area contributed by atoms with E-state index in [-0.39, 0.29) is 18.4 Å². The van der Waals surface area contributed by atoms with Gasteiger partial charge in [-0.05, 0) is 50.5 Å². The quantitative estimate of drug-likeness (QED) is 0.865. The van der Waals surface area contributed by atoms with Gasteiger partial charge in [-0.15, -0.1) is 0 Å². The Morgan fingerprint density at radius 2 is 2.04 bits per heavy atom. The number of nitrogens with zero attached hydrogens (tertiary/aromatic N) is 1. The maximum Gasteiger partial charge on any atom is 0.251 e. The van der Waals surface area contributed by atoms with Crippen LogP contribution in [0.1, 0.15) is 43.5 Å². The third-order valence-corrected chi connectivity index (χ3v) is 4.89. The van der Waals surface area contributed by atoms with Gasteiger partial charge >= 0.3 is 0 Å². The molecule has 0 aliphatic carbocycles. The molecule has 2 amide bonds. The van der Waals surface area contributed by atoms with Crippen LogP contribution in [-0.4, -0.2) is 46.6 Å². The van der Waals surface area contributed by atoms with Crippen LogP contribution in [0.25, 0.3) is 0 Å². The monoisotopic (exact) mass is 338 g/mol. The number of nitrogens with one attached hydrogen (secondary N) is 1. The number of carbonyl (C=O) groups excluding carboxylic acids is 2. The lowest BCUT2D eigenvalue weighted by molar-refractivity contribution is -0.138. The molecule has 2 rings (SSSR count). The fourth-order valence-electron chi connectivity index (χ4n) is 3.10. The molecular weight excluding hydrogens is 316 g/mol. The number of aliphatic hydroxyl groups is 1. The molecule has 0 aromatic heterocycles. The van der Waals surface area contributed by atoms with Crippen LogP contribution in [0, 0.1) is 0 Å². The minimum Gasteiger partial charge on any atom is -0.394 e. The lowest BCUT2D eigenvalue weighted by Crippen LogP contribution is -2.55. The number of rotatable bonds is 5. The summed E-state index contributed by atoms with van der Waals surface area (Å²) in [5.41, 5.74) is -0.0320. The first-order valence-corrected chi connectivity index (χ1v) is 8.30.